The smallest absolute Gasteiger partial charge is 0.266 e. The zero-order valence-electron chi connectivity index (χ0n) is 15.6. The van der Waals surface area contributed by atoms with E-state index >= 15 is 0 Å². The molecule has 3 aromatic carbocycles. The predicted molar refractivity (Wildman–Crippen MR) is 108 cm³/mol. The highest BCUT2D eigenvalue weighted by Crippen LogP contribution is 2.27. The SMILES string of the molecule is O=C(NC1CC1)[C@H](Oc1ccc(OCc2ccccc2)cc1)c1ccccc1. The molecule has 1 N–H and O–H groups in total. The molecule has 1 aliphatic carbocycles. The van der Waals surface area contributed by atoms with Crippen molar-refractivity contribution in [2.75, 3.05) is 0 Å². The lowest BCUT2D eigenvalue weighted by Crippen LogP contribution is -2.33. The van der Waals surface area contributed by atoms with Gasteiger partial charge in [-0.2, -0.15) is 0 Å². The number of amides is 1. The molecular formula is C24H23NO3. The fraction of sp³-hybridized carbons (Fsp3) is 0.208. The molecule has 0 radical (unpaired) electrons. The lowest BCUT2D eigenvalue weighted by atomic mass is 10.1. The minimum Gasteiger partial charge on any atom is -0.489 e. The molecule has 4 nitrogen and oxygen atoms in total. The zero-order chi connectivity index (χ0) is 19.2. The van der Waals surface area contributed by atoms with Gasteiger partial charge < -0.3 is 14.8 Å². The number of hydrogen-bond donors (Lipinski definition) is 1. The van der Waals surface area contributed by atoms with Gasteiger partial charge in [-0.15, -0.1) is 0 Å². The normalized spacial score (nSPS) is 14.1. The van der Waals surface area contributed by atoms with Crippen LogP contribution in [-0.2, 0) is 11.4 Å². The van der Waals surface area contributed by atoms with Gasteiger partial charge >= 0.3 is 0 Å². The molecule has 142 valence electrons. The van der Waals surface area contributed by atoms with E-state index in [1.807, 2.05) is 84.9 Å². The highest BCUT2D eigenvalue weighted by molar-refractivity contribution is 5.83. The Morgan fingerprint density at radius 3 is 2.11 bits per heavy atom. The summed E-state index contributed by atoms with van der Waals surface area (Å²) in [5, 5.41) is 3.03. The first-order chi connectivity index (χ1) is 13.8. The number of rotatable bonds is 8. The van der Waals surface area contributed by atoms with E-state index in [2.05, 4.69) is 5.32 Å². The number of ether oxygens (including phenoxy) is 2. The molecule has 0 aliphatic heterocycles. The highest BCUT2D eigenvalue weighted by atomic mass is 16.5. The van der Waals surface area contributed by atoms with Crippen LogP contribution >= 0.6 is 0 Å². The van der Waals surface area contributed by atoms with Crippen LogP contribution in [0.5, 0.6) is 11.5 Å². The molecule has 1 atom stereocenters. The maximum atomic E-state index is 12.7. The molecule has 4 heteroatoms. The quantitative estimate of drug-likeness (QED) is 0.624. The van der Waals surface area contributed by atoms with Crippen LogP contribution in [0.4, 0.5) is 0 Å². The summed E-state index contributed by atoms with van der Waals surface area (Å²) < 4.78 is 11.9. The van der Waals surface area contributed by atoms with Crippen LogP contribution in [0.25, 0.3) is 0 Å². The standard InChI is InChI=1S/C24H23NO3/c26-24(25-20-11-12-20)23(19-9-5-2-6-10-19)28-22-15-13-21(14-16-22)27-17-18-7-3-1-4-8-18/h1-10,13-16,20,23H,11-12,17H2,(H,25,26)/t23-/m1/s1. The summed E-state index contributed by atoms with van der Waals surface area (Å²) in [4.78, 5) is 12.7. The van der Waals surface area contributed by atoms with Gasteiger partial charge in [0.25, 0.3) is 5.91 Å². The molecular weight excluding hydrogens is 350 g/mol. The van der Waals surface area contributed by atoms with Crippen LogP contribution < -0.4 is 14.8 Å². The molecule has 0 saturated heterocycles. The number of hydrogen-bond acceptors (Lipinski definition) is 3. The van der Waals surface area contributed by atoms with Crippen molar-refractivity contribution in [3.63, 3.8) is 0 Å². The molecule has 28 heavy (non-hydrogen) atoms. The molecule has 0 unspecified atom stereocenters. The third kappa shape index (κ3) is 4.92. The monoisotopic (exact) mass is 373 g/mol. The van der Waals surface area contributed by atoms with Crippen molar-refractivity contribution < 1.29 is 14.3 Å². The second kappa shape index (κ2) is 8.61. The molecule has 1 amide bonds. The Morgan fingerprint density at radius 2 is 1.46 bits per heavy atom. The maximum Gasteiger partial charge on any atom is 0.266 e. The Hall–Kier alpha value is -3.27. The average molecular weight is 373 g/mol. The molecule has 1 fully saturated rings. The number of benzene rings is 3. The summed E-state index contributed by atoms with van der Waals surface area (Å²) in [5.74, 6) is 1.29. The molecule has 0 heterocycles. The summed E-state index contributed by atoms with van der Waals surface area (Å²) in [6.07, 6.45) is 1.42. The topological polar surface area (TPSA) is 47.6 Å². The third-order valence-corrected chi connectivity index (χ3v) is 4.59. The van der Waals surface area contributed by atoms with Crippen LogP contribution in [0.1, 0.15) is 30.1 Å². The van der Waals surface area contributed by atoms with E-state index in [1.165, 1.54) is 0 Å². The van der Waals surface area contributed by atoms with E-state index in [0.29, 0.717) is 12.4 Å². The predicted octanol–water partition coefficient (Wildman–Crippen LogP) is 4.66. The fourth-order valence-corrected chi connectivity index (χ4v) is 2.90. The van der Waals surface area contributed by atoms with E-state index in [9.17, 15) is 4.79 Å². The minimum absolute atomic E-state index is 0.0990. The van der Waals surface area contributed by atoms with E-state index in [4.69, 9.17) is 9.47 Å². The van der Waals surface area contributed by atoms with E-state index in [1.54, 1.807) is 0 Å². The molecule has 0 spiro atoms. The summed E-state index contributed by atoms with van der Waals surface area (Å²) in [7, 11) is 0. The van der Waals surface area contributed by atoms with Crippen LogP contribution in [0.15, 0.2) is 84.9 Å². The van der Waals surface area contributed by atoms with Crippen LogP contribution in [0.3, 0.4) is 0 Å². The van der Waals surface area contributed by atoms with Gasteiger partial charge in [-0.25, -0.2) is 0 Å². The highest BCUT2D eigenvalue weighted by Gasteiger charge is 2.29. The summed E-state index contributed by atoms with van der Waals surface area (Å²) >= 11 is 0. The third-order valence-electron chi connectivity index (χ3n) is 4.59. The van der Waals surface area contributed by atoms with Crippen molar-refractivity contribution in [3.8, 4) is 11.5 Å². The van der Waals surface area contributed by atoms with Gasteiger partial charge in [0.2, 0.25) is 6.10 Å². The molecule has 0 aromatic heterocycles. The van der Waals surface area contributed by atoms with Crippen LogP contribution in [-0.4, -0.2) is 11.9 Å². The second-order valence-electron chi connectivity index (χ2n) is 6.94. The summed E-state index contributed by atoms with van der Waals surface area (Å²) in [6, 6.07) is 27.3. The number of carbonyl (C=O) groups is 1. The van der Waals surface area contributed by atoms with Crippen molar-refractivity contribution in [2.45, 2.75) is 31.6 Å². The first-order valence-electron chi connectivity index (χ1n) is 9.57. The minimum atomic E-state index is -0.669. The van der Waals surface area contributed by atoms with Crippen LogP contribution in [0.2, 0.25) is 0 Å². The second-order valence-corrected chi connectivity index (χ2v) is 6.94. The summed E-state index contributed by atoms with van der Waals surface area (Å²) in [5.41, 5.74) is 1.95. The van der Waals surface area contributed by atoms with Gasteiger partial charge in [0.15, 0.2) is 0 Å². The molecule has 1 aliphatic rings. The lowest BCUT2D eigenvalue weighted by Gasteiger charge is -2.19. The molecule has 3 aromatic rings. The van der Waals surface area contributed by atoms with Gasteiger partial charge in [0.1, 0.15) is 18.1 Å². The summed E-state index contributed by atoms with van der Waals surface area (Å²) in [6.45, 7) is 0.511. The van der Waals surface area contributed by atoms with E-state index in [0.717, 1.165) is 29.7 Å². The largest absolute Gasteiger partial charge is 0.489 e. The van der Waals surface area contributed by atoms with E-state index < -0.39 is 6.10 Å². The van der Waals surface area contributed by atoms with Gasteiger partial charge in [0.05, 0.1) is 0 Å². The van der Waals surface area contributed by atoms with E-state index in [-0.39, 0.29) is 11.9 Å². The average Bonchev–Trinajstić information content (AvgIpc) is 3.56. The molecule has 1 saturated carbocycles. The molecule has 0 bridgehead atoms. The van der Waals surface area contributed by atoms with Gasteiger partial charge in [-0.1, -0.05) is 60.7 Å². The van der Waals surface area contributed by atoms with Gasteiger partial charge in [0, 0.05) is 11.6 Å². The Bertz CT molecular complexity index is 890. The van der Waals surface area contributed by atoms with Gasteiger partial charge in [-0.3, -0.25) is 4.79 Å². The lowest BCUT2D eigenvalue weighted by molar-refractivity contribution is -0.128. The first-order valence-corrected chi connectivity index (χ1v) is 9.57. The van der Waals surface area contributed by atoms with Gasteiger partial charge in [-0.05, 0) is 42.7 Å². The van der Waals surface area contributed by atoms with Crippen molar-refractivity contribution in [3.05, 3.63) is 96.1 Å². The zero-order valence-corrected chi connectivity index (χ0v) is 15.6. The number of nitrogens with one attached hydrogen (secondary N) is 1. The van der Waals surface area contributed by atoms with Crippen molar-refractivity contribution >= 4 is 5.91 Å². The van der Waals surface area contributed by atoms with Crippen molar-refractivity contribution in [1.29, 1.82) is 0 Å². The molecule has 4 rings (SSSR count). The number of carbonyl (C=O) groups excluding carboxylic acids is 1. The Morgan fingerprint density at radius 1 is 0.857 bits per heavy atom. The maximum absolute atomic E-state index is 12.7. The first kappa shape index (κ1) is 18.1. The van der Waals surface area contributed by atoms with Crippen molar-refractivity contribution in [1.82, 2.24) is 5.32 Å². The van der Waals surface area contributed by atoms with Crippen molar-refractivity contribution in [2.24, 2.45) is 0 Å². The Labute approximate surface area is 165 Å². The fourth-order valence-electron chi connectivity index (χ4n) is 2.90. The van der Waals surface area contributed by atoms with Crippen LogP contribution in [0, 0.1) is 0 Å². The Kier molecular flexibility index (Phi) is 5.57. The Balaban J connectivity index is 1.42.